The van der Waals surface area contributed by atoms with Gasteiger partial charge in [-0.3, -0.25) is 4.79 Å². The molecule has 0 spiro atoms. The lowest BCUT2D eigenvalue weighted by molar-refractivity contribution is 0.0730. The van der Waals surface area contributed by atoms with Crippen molar-refractivity contribution in [3.8, 4) is 0 Å². The largest absolute Gasteiger partial charge is 0.379 e. The lowest BCUT2D eigenvalue weighted by Crippen LogP contribution is -2.41. The molecule has 3 rings (SSSR count). The zero-order valence-electron chi connectivity index (χ0n) is 16.5. The molecule has 2 aromatic rings. The Hall–Kier alpha value is -2.29. The summed E-state index contributed by atoms with van der Waals surface area (Å²) in [6, 6.07) is 10.3. The molecule has 1 unspecified atom stereocenters. The number of hydrogen-bond donors (Lipinski definition) is 1. The van der Waals surface area contributed by atoms with Gasteiger partial charge >= 0.3 is 0 Å². The van der Waals surface area contributed by atoms with Gasteiger partial charge in [0.25, 0.3) is 5.91 Å². The average Bonchev–Trinajstić information content (AvgIpc) is 2.74. The Morgan fingerprint density at radius 2 is 1.83 bits per heavy atom. The minimum absolute atomic E-state index is 0.156. The lowest BCUT2D eigenvalue weighted by Gasteiger charge is -2.27. The van der Waals surface area contributed by atoms with Gasteiger partial charge in [-0.2, -0.15) is 4.31 Å². The average molecular weight is 421 g/mol. The molecule has 2 aromatic carbocycles. The van der Waals surface area contributed by atoms with E-state index in [-0.39, 0.29) is 28.2 Å². The lowest BCUT2D eigenvalue weighted by atomic mass is 10.1. The van der Waals surface area contributed by atoms with Crippen LogP contribution in [0.2, 0.25) is 0 Å². The molecule has 6 nitrogen and oxygen atoms in total. The van der Waals surface area contributed by atoms with E-state index in [1.165, 1.54) is 22.5 Å². The first-order valence-corrected chi connectivity index (χ1v) is 11.0. The third kappa shape index (κ3) is 4.83. The second-order valence-electron chi connectivity index (χ2n) is 6.94. The highest BCUT2D eigenvalue weighted by atomic mass is 32.2. The van der Waals surface area contributed by atoms with Gasteiger partial charge in [0, 0.05) is 18.7 Å². The molecule has 29 heavy (non-hydrogen) atoms. The number of sulfonamides is 1. The Kier molecular flexibility index (Phi) is 6.66. The molecule has 156 valence electrons. The molecule has 1 saturated heterocycles. The Morgan fingerprint density at radius 3 is 2.45 bits per heavy atom. The van der Waals surface area contributed by atoms with Crippen molar-refractivity contribution in [3.05, 3.63) is 65.0 Å². The number of amides is 1. The number of ether oxygens (including phenoxy) is 1. The van der Waals surface area contributed by atoms with E-state index < -0.39 is 10.0 Å². The summed E-state index contributed by atoms with van der Waals surface area (Å²) >= 11 is 0. The van der Waals surface area contributed by atoms with Crippen molar-refractivity contribution in [2.24, 2.45) is 0 Å². The predicted molar refractivity (Wildman–Crippen MR) is 108 cm³/mol. The molecule has 0 saturated carbocycles. The number of carbonyl (C=O) groups is 1. The molecule has 1 atom stereocenters. The molecule has 1 aliphatic heterocycles. The van der Waals surface area contributed by atoms with E-state index in [0.29, 0.717) is 38.3 Å². The zero-order valence-corrected chi connectivity index (χ0v) is 17.3. The third-order valence-corrected chi connectivity index (χ3v) is 7.00. The number of aryl methyl sites for hydroxylation is 1. The monoisotopic (exact) mass is 420 g/mol. The molecule has 1 amide bonds. The maximum absolute atomic E-state index is 13.1. The maximum atomic E-state index is 13.1. The van der Waals surface area contributed by atoms with Crippen molar-refractivity contribution >= 4 is 15.9 Å². The van der Waals surface area contributed by atoms with Crippen molar-refractivity contribution in [1.82, 2.24) is 9.62 Å². The second-order valence-corrected chi connectivity index (χ2v) is 8.85. The van der Waals surface area contributed by atoms with Gasteiger partial charge in [-0.25, -0.2) is 12.8 Å². The van der Waals surface area contributed by atoms with E-state index in [2.05, 4.69) is 5.32 Å². The second kappa shape index (κ2) is 9.02. The molecule has 1 aliphatic rings. The smallest absolute Gasteiger partial charge is 0.251 e. The van der Waals surface area contributed by atoms with Crippen LogP contribution in [0.3, 0.4) is 0 Å². The van der Waals surface area contributed by atoms with Crippen LogP contribution in [-0.2, 0) is 21.2 Å². The van der Waals surface area contributed by atoms with Gasteiger partial charge in [-0.1, -0.05) is 25.1 Å². The van der Waals surface area contributed by atoms with Crippen molar-refractivity contribution in [1.29, 1.82) is 0 Å². The maximum Gasteiger partial charge on any atom is 0.251 e. The molecular weight excluding hydrogens is 395 g/mol. The Balaban J connectivity index is 1.85. The van der Waals surface area contributed by atoms with Crippen LogP contribution in [-0.4, -0.2) is 44.9 Å². The van der Waals surface area contributed by atoms with Crippen LogP contribution < -0.4 is 5.32 Å². The number of morpholine rings is 1. The summed E-state index contributed by atoms with van der Waals surface area (Å²) in [5.41, 5.74) is 1.69. The van der Waals surface area contributed by atoms with Crippen LogP contribution in [0.15, 0.2) is 47.4 Å². The normalized spacial score (nSPS) is 16.4. The summed E-state index contributed by atoms with van der Waals surface area (Å²) in [6.45, 7) is 4.97. The van der Waals surface area contributed by atoms with Gasteiger partial charge in [0.05, 0.1) is 24.2 Å². The van der Waals surface area contributed by atoms with Gasteiger partial charge in [0.15, 0.2) is 0 Å². The number of hydrogen-bond acceptors (Lipinski definition) is 4. The SMILES string of the molecule is CCc1ccc(C(=O)NC(C)c2ccc(F)cc2)cc1S(=O)(=O)N1CCOCC1. The minimum Gasteiger partial charge on any atom is -0.379 e. The van der Waals surface area contributed by atoms with E-state index >= 15 is 0 Å². The first-order valence-electron chi connectivity index (χ1n) is 9.60. The van der Waals surface area contributed by atoms with Crippen LogP contribution >= 0.6 is 0 Å². The fourth-order valence-corrected chi connectivity index (χ4v) is 5.00. The fourth-order valence-electron chi connectivity index (χ4n) is 3.27. The molecule has 0 aliphatic carbocycles. The molecule has 0 radical (unpaired) electrons. The van der Waals surface area contributed by atoms with E-state index in [4.69, 9.17) is 4.74 Å². The number of carbonyl (C=O) groups excluding carboxylic acids is 1. The fraction of sp³-hybridized carbons (Fsp3) is 0.381. The summed E-state index contributed by atoms with van der Waals surface area (Å²) in [5, 5.41) is 2.84. The predicted octanol–water partition coefficient (Wildman–Crippen LogP) is 2.90. The van der Waals surface area contributed by atoms with Crippen LogP contribution in [0, 0.1) is 5.82 Å². The molecule has 0 aromatic heterocycles. The molecule has 1 heterocycles. The van der Waals surface area contributed by atoms with Crippen molar-refractivity contribution in [3.63, 3.8) is 0 Å². The summed E-state index contributed by atoms with van der Waals surface area (Å²) in [6.07, 6.45) is 0.535. The van der Waals surface area contributed by atoms with E-state index in [9.17, 15) is 17.6 Å². The number of nitrogens with zero attached hydrogens (tertiary/aromatic N) is 1. The highest BCUT2D eigenvalue weighted by Crippen LogP contribution is 2.24. The molecule has 1 fully saturated rings. The molecule has 1 N–H and O–H groups in total. The van der Waals surface area contributed by atoms with E-state index in [0.717, 1.165) is 5.56 Å². The van der Waals surface area contributed by atoms with E-state index in [1.54, 1.807) is 31.2 Å². The molecular formula is C21H25FN2O4S. The topological polar surface area (TPSA) is 75.7 Å². The van der Waals surface area contributed by atoms with Crippen molar-refractivity contribution in [2.45, 2.75) is 31.2 Å². The quantitative estimate of drug-likeness (QED) is 0.780. The summed E-state index contributed by atoms with van der Waals surface area (Å²) < 4.78 is 46.0. The van der Waals surface area contributed by atoms with Gasteiger partial charge in [-0.15, -0.1) is 0 Å². The Morgan fingerprint density at radius 1 is 1.17 bits per heavy atom. The number of halogens is 1. The number of nitrogens with one attached hydrogen (secondary N) is 1. The highest BCUT2D eigenvalue weighted by molar-refractivity contribution is 7.89. The van der Waals surface area contributed by atoms with Crippen molar-refractivity contribution < 1.29 is 22.3 Å². The zero-order chi connectivity index (χ0) is 21.0. The first kappa shape index (κ1) is 21.4. The number of rotatable bonds is 6. The van der Waals surface area contributed by atoms with Gasteiger partial charge in [-0.05, 0) is 48.7 Å². The summed E-state index contributed by atoms with van der Waals surface area (Å²) in [5.74, 6) is -0.733. The van der Waals surface area contributed by atoms with Crippen molar-refractivity contribution in [2.75, 3.05) is 26.3 Å². The van der Waals surface area contributed by atoms with Crippen LogP contribution in [0.1, 0.15) is 41.4 Å². The standard InChI is InChI=1S/C21H25FN2O4S/c1-3-16-4-5-18(14-20(16)29(26,27)24-10-12-28-13-11-24)21(25)23-15(2)17-6-8-19(22)9-7-17/h4-9,14-15H,3,10-13H2,1-2H3,(H,23,25). The third-order valence-electron chi connectivity index (χ3n) is 5.02. The van der Waals surface area contributed by atoms with E-state index in [1.807, 2.05) is 6.92 Å². The Labute approximate surface area is 170 Å². The summed E-state index contributed by atoms with van der Waals surface area (Å²) in [4.78, 5) is 12.9. The van der Waals surface area contributed by atoms with Gasteiger partial charge in [0.1, 0.15) is 5.82 Å². The highest BCUT2D eigenvalue weighted by Gasteiger charge is 2.29. The molecule has 8 heteroatoms. The van der Waals surface area contributed by atoms with Crippen LogP contribution in [0.4, 0.5) is 4.39 Å². The van der Waals surface area contributed by atoms with Crippen LogP contribution in [0.5, 0.6) is 0 Å². The minimum atomic E-state index is -3.71. The molecule has 0 bridgehead atoms. The Bertz CT molecular complexity index is 971. The first-order chi connectivity index (χ1) is 13.8. The van der Waals surface area contributed by atoms with Crippen LogP contribution in [0.25, 0.3) is 0 Å². The number of benzene rings is 2. The summed E-state index contributed by atoms with van der Waals surface area (Å²) in [7, 11) is -3.71. The van der Waals surface area contributed by atoms with Gasteiger partial charge in [0.2, 0.25) is 10.0 Å². The van der Waals surface area contributed by atoms with Gasteiger partial charge < -0.3 is 10.1 Å².